The normalized spacial score (nSPS) is 18.2. The van der Waals surface area contributed by atoms with Gasteiger partial charge in [-0.1, -0.05) is 30.3 Å². The third kappa shape index (κ3) is 4.09. The Morgan fingerprint density at radius 1 is 1.10 bits per heavy atom. The van der Waals surface area contributed by atoms with Crippen LogP contribution < -0.4 is 5.32 Å². The quantitative estimate of drug-likeness (QED) is 0.700. The van der Waals surface area contributed by atoms with Crippen molar-refractivity contribution in [2.75, 3.05) is 29.9 Å². The molecule has 0 atom stereocenters. The van der Waals surface area contributed by atoms with Gasteiger partial charge in [0, 0.05) is 53.4 Å². The molecule has 2 fully saturated rings. The van der Waals surface area contributed by atoms with Crippen LogP contribution in [0, 0.1) is 5.92 Å². The number of hydrogen-bond donors (Lipinski definition) is 1. The summed E-state index contributed by atoms with van der Waals surface area (Å²) in [6.45, 7) is 2.66. The molecule has 0 bridgehead atoms. The molecule has 29 heavy (non-hydrogen) atoms. The highest BCUT2D eigenvalue weighted by atomic mass is 32.2. The van der Waals surface area contributed by atoms with Crippen LogP contribution >= 0.6 is 0 Å². The largest absolute Gasteiger partial charge is 0.297 e. The zero-order valence-corrected chi connectivity index (χ0v) is 16.9. The molecule has 1 aliphatic heterocycles. The Hall–Kier alpha value is -2.58. The molecule has 150 valence electrons. The number of fused-ring (bicyclic) bond motifs is 1. The first kappa shape index (κ1) is 18.4. The standard InChI is InChI=1S/C21H23N5O2S/c27-20(17-8-9-17)23-21-22-19-3-1-2-18(26(19)24-21)16-6-4-15(5-7-16)14-25-10-12-29(28)13-11-25/h1-7,17H,8-14H2,(H,23,24,27). The number of aromatic nitrogens is 3. The number of benzene rings is 1. The van der Waals surface area contributed by atoms with Crippen LogP contribution in [0.3, 0.4) is 0 Å². The number of nitrogens with one attached hydrogen (secondary N) is 1. The van der Waals surface area contributed by atoms with E-state index < -0.39 is 10.8 Å². The van der Waals surface area contributed by atoms with Crippen molar-refractivity contribution in [3.8, 4) is 11.3 Å². The van der Waals surface area contributed by atoms with Crippen molar-refractivity contribution < 1.29 is 9.00 Å². The molecule has 1 saturated heterocycles. The summed E-state index contributed by atoms with van der Waals surface area (Å²) in [6.07, 6.45) is 1.90. The van der Waals surface area contributed by atoms with Crippen LogP contribution in [0.2, 0.25) is 0 Å². The summed E-state index contributed by atoms with van der Waals surface area (Å²) in [4.78, 5) is 18.8. The summed E-state index contributed by atoms with van der Waals surface area (Å²) in [5.41, 5.74) is 3.93. The van der Waals surface area contributed by atoms with Crippen LogP contribution in [0.5, 0.6) is 0 Å². The molecule has 1 saturated carbocycles. The average molecular weight is 410 g/mol. The van der Waals surface area contributed by atoms with Crippen molar-refractivity contribution in [2.24, 2.45) is 5.92 Å². The lowest BCUT2D eigenvalue weighted by Crippen LogP contribution is -2.37. The first-order chi connectivity index (χ1) is 14.2. The second-order valence-corrected chi connectivity index (χ2v) is 9.40. The Labute approximate surface area is 171 Å². The van der Waals surface area contributed by atoms with Crippen molar-refractivity contribution in [3.05, 3.63) is 48.0 Å². The van der Waals surface area contributed by atoms with Gasteiger partial charge in [0.25, 0.3) is 0 Å². The molecule has 2 aliphatic rings. The smallest absolute Gasteiger partial charge is 0.249 e. The number of pyridine rings is 1. The van der Waals surface area contributed by atoms with Gasteiger partial charge in [-0.15, -0.1) is 5.10 Å². The number of carbonyl (C=O) groups excluding carboxylic acids is 1. The van der Waals surface area contributed by atoms with E-state index in [-0.39, 0.29) is 11.8 Å². The Morgan fingerprint density at radius 2 is 1.86 bits per heavy atom. The van der Waals surface area contributed by atoms with Crippen molar-refractivity contribution in [1.29, 1.82) is 0 Å². The third-order valence-electron chi connectivity index (χ3n) is 5.47. The summed E-state index contributed by atoms with van der Waals surface area (Å²) in [5, 5.41) is 7.32. The van der Waals surface area contributed by atoms with Gasteiger partial charge in [0.15, 0.2) is 5.65 Å². The Balaban J connectivity index is 1.35. The lowest BCUT2D eigenvalue weighted by molar-refractivity contribution is -0.117. The zero-order chi connectivity index (χ0) is 19.8. The minimum absolute atomic E-state index is 0.00774. The molecule has 1 aromatic carbocycles. The molecule has 5 rings (SSSR count). The van der Waals surface area contributed by atoms with Gasteiger partial charge in [-0.25, -0.2) is 4.52 Å². The van der Waals surface area contributed by atoms with Gasteiger partial charge in [-0.2, -0.15) is 4.98 Å². The van der Waals surface area contributed by atoms with E-state index in [0.29, 0.717) is 11.6 Å². The first-order valence-corrected chi connectivity index (χ1v) is 11.5. The fourth-order valence-electron chi connectivity index (χ4n) is 3.61. The number of anilines is 1. The minimum Gasteiger partial charge on any atom is -0.297 e. The fourth-order valence-corrected chi connectivity index (χ4v) is 4.74. The second-order valence-electron chi connectivity index (χ2n) is 7.70. The molecule has 0 spiro atoms. The van der Waals surface area contributed by atoms with Gasteiger partial charge >= 0.3 is 0 Å². The van der Waals surface area contributed by atoms with Gasteiger partial charge in [0.05, 0.1) is 5.69 Å². The highest BCUT2D eigenvalue weighted by Gasteiger charge is 2.30. The van der Waals surface area contributed by atoms with E-state index in [1.54, 1.807) is 4.52 Å². The number of carbonyl (C=O) groups is 1. The van der Waals surface area contributed by atoms with Gasteiger partial charge in [-0.05, 0) is 30.5 Å². The summed E-state index contributed by atoms with van der Waals surface area (Å²) in [6, 6.07) is 14.3. The van der Waals surface area contributed by atoms with Crippen molar-refractivity contribution in [3.63, 3.8) is 0 Å². The lowest BCUT2D eigenvalue weighted by atomic mass is 10.1. The van der Waals surface area contributed by atoms with E-state index in [1.165, 1.54) is 5.56 Å². The van der Waals surface area contributed by atoms with E-state index in [2.05, 4.69) is 44.6 Å². The highest BCUT2D eigenvalue weighted by molar-refractivity contribution is 7.85. The Kier molecular flexibility index (Phi) is 4.89. The van der Waals surface area contributed by atoms with E-state index in [9.17, 15) is 9.00 Å². The lowest BCUT2D eigenvalue weighted by Gasteiger charge is -2.26. The monoisotopic (exact) mass is 409 g/mol. The molecule has 8 heteroatoms. The van der Waals surface area contributed by atoms with Crippen LogP contribution in [0.4, 0.5) is 5.95 Å². The van der Waals surface area contributed by atoms with E-state index in [1.807, 2.05) is 18.2 Å². The summed E-state index contributed by atoms with van der Waals surface area (Å²) in [5.74, 6) is 2.02. The number of hydrogen-bond acceptors (Lipinski definition) is 5. The summed E-state index contributed by atoms with van der Waals surface area (Å²) >= 11 is 0. The van der Waals surface area contributed by atoms with Crippen LogP contribution in [0.1, 0.15) is 18.4 Å². The molecule has 0 unspecified atom stereocenters. The maximum atomic E-state index is 12.0. The van der Waals surface area contributed by atoms with Crippen LogP contribution in [0.25, 0.3) is 16.9 Å². The first-order valence-electron chi connectivity index (χ1n) is 9.99. The zero-order valence-electron chi connectivity index (χ0n) is 16.1. The van der Waals surface area contributed by atoms with Gasteiger partial charge in [-0.3, -0.25) is 19.2 Å². The summed E-state index contributed by atoms with van der Waals surface area (Å²) in [7, 11) is -0.646. The van der Waals surface area contributed by atoms with Crippen LogP contribution in [-0.2, 0) is 22.1 Å². The summed E-state index contributed by atoms with van der Waals surface area (Å²) < 4.78 is 13.3. The maximum Gasteiger partial charge on any atom is 0.249 e. The molecule has 0 radical (unpaired) electrons. The van der Waals surface area contributed by atoms with Crippen LogP contribution in [0.15, 0.2) is 42.5 Å². The number of nitrogens with zero attached hydrogens (tertiary/aromatic N) is 4. The Morgan fingerprint density at radius 3 is 2.59 bits per heavy atom. The molecule has 1 aliphatic carbocycles. The van der Waals surface area contributed by atoms with Gasteiger partial charge in [0.2, 0.25) is 11.9 Å². The van der Waals surface area contributed by atoms with E-state index in [4.69, 9.17) is 0 Å². The predicted molar refractivity (Wildman–Crippen MR) is 113 cm³/mol. The molecule has 2 aromatic heterocycles. The minimum atomic E-state index is -0.646. The third-order valence-corrected chi connectivity index (χ3v) is 6.74. The second kappa shape index (κ2) is 7.68. The molecule has 3 aromatic rings. The predicted octanol–water partition coefficient (Wildman–Crippen LogP) is 2.31. The number of amides is 1. The molecular formula is C21H23N5O2S. The SMILES string of the molecule is O=C(Nc1nc2cccc(-c3ccc(CN4CCS(=O)CC4)cc3)n2n1)C1CC1. The maximum absolute atomic E-state index is 12.0. The van der Waals surface area contributed by atoms with E-state index >= 15 is 0 Å². The molecular weight excluding hydrogens is 386 g/mol. The Bertz CT molecular complexity index is 1060. The highest BCUT2D eigenvalue weighted by Crippen LogP contribution is 2.30. The molecule has 1 amide bonds. The van der Waals surface area contributed by atoms with Gasteiger partial charge in [0.1, 0.15) is 0 Å². The van der Waals surface area contributed by atoms with Crippen molar-refractivity contribution in [1.82, 2.24) is 19.5 Å². The van der Waals surface area contributed by atoms with Crippen LogP contribution in [-0.4, -0.2) is 54.2 Å². The van der Waals surface area contributed by atoms with E-state index in [0.717, 1.165) is 55.2 Å². The molecule has 7 nitrogen and oxygen atoms in total. The average Bonchev–Trinajstić information content (AvgIpc) is 3.50. The fraction of sp³-hybridized carbons (Fsp3) is 0.381. The van der Waals surface area contributed by atoms with Crippen molar-refractivity contribution >= 4 is 28.3 Å². The van der Waals surface area contributed by atoms with Gasteiger partial charge < -0.3 is 0 Å². The van der Waals surface area contributed by atoms with Crippen molar-refractivity contribution in [2.45, 2.75) is 19.4 Å². The molecule has 3 heterocycles. The topological polar surface area (TPSA) is 79.6 Å². The number of rotatable bonds is 5. The molecule has 1 N–H and O–H groups in total.